The normalized spacial score (nSPS) is 10.7. The van der Waals surface area contributed by atoms with Crippen LogP contribution in [0.3, 0.4) is 0 Å². The number of benzene rings is 1. The van der Waals surface area contributed by atoms with Gasteiger partial charge in [-0.3, -0.25) is 9.97 Å². The van der Waals surface area contributed by atoms with Crippen molar-refractivity contribution in [2.75, 3.05) is 5.32 Å². The molecule has 0 amide bonds. The van der Waals surface area contributed by atoms with Gasteiger partial charge in [-0.15, -0.1) is 0 Å². The van der Waals surface area contributed by atoms with Gasteiger partial charge in [-0.2, -0.15) is 0 Å². The van der Waals surface area contributed by atoms with Crippen molar-refractivity contribution >= 4 is 17.0 Å². The van der Waals surface area contributed by atoms with E-state index in [1.807, 2.05) is 24.4 Å². The zero-order valence-electron chi connectivity index (χ0n) is 12.9. The van der Waals surface area contributed by atoms with Gasteiger partial charge in [0.15, 0.2) is 5.65 Å². The number of aromatic nitrogens is 4. The van der Waals surface area contributed by atoms with E-state index in [1.165, 1.54) is 5.56 Å². The van der Waals surface area contributed by atoms with Gasteiger partial charge >= 0.3 is 0 Å². The Morgan fingerprint density at radius 1 is 0.792 bits per heavy atom. The summed E-state index contributed by atoms with van der Waals surface area (Å²) in [5.41, 5.74) is 4.90. The van der Waals surface area contributed by atoms with Crippen LogP contribution in [0.2, 0.25) is 0 Å². The fourth-order valence-electron chi connectivity index (χ4n) is 2.49. The minimum atomic E-state index is 0.648. The Morgan fingerprint density at radius 3 is 2.50 bits per heavy atom. The molecule has 0 saturated carbocycles. The van der Waals surface area contributed by atoms with E-state index in [0.29, 0.717) is 12.2 Å². The molecule has 0 aliphatic rings. The van der Waals surface area contributed by atoms with Gasteiger partial charge in [0.25, 0.3) is 0 Å². The molecule has 0 fully saturated rings. The highest BCUT2D eigenvalue weighted by molar-refractivity contribution is 5.71. The molecule has 0 aliphatic carbocycles. The summed E-state index contributed by atoms with van der Waals surface area (Å²) in [5.74, 6) is 0.791. The van der Waals surface area contributed by atoms with Gasteiger partial charge in [0.2, 0.25) is 0 Å². The lowest BCUT2D eigenvalue weighted by Crippen LogP contribution is -2.02. The first-order valence-electron chi connectivity index (χ1n) is 7.69. The third-order valence-corrected chi connectivity index (χ3v) is 3.75. The molecular formula is C19H15N5. The summed E-state index contributed by atoms with van der Waals surface area (Å²) in [6.45, 7) is 0.700. The minimum Gasteiger partial charge on any atom is -0.366 e. The van der Waals surface area contributed by atoms with E-state index in [-0.39, 0.29) is 0 Å². The van der Waals surface area contributed by atoms with Crippen molar-refractivity contribution in [3.8, 4) is 11.1 Å². The topological polar surface area (TPSA) is 63.6 Å². The fraction of sp³-hybridized carbons (Fsp3) is 0.0526. The molecule has 116 valence electrons. The number of pyridine rings is 2. The Morgan fingerprint density at radius 2 is 1.67 bits per heavy atom. The molecule has 0 unspecified atom stereocenters. The molecule has 0 radical (unpaired) electrons. The van der Waals surface area contributed by atoms with Crippen molar-refractivity contribution in [1.82, 2.24) is 19.9 Å². The summed E-state index contributed by atoms with van der Waals surface area (Å²) < 4.78 is 0. The molecule has 4 rings (SSSR count). The van der Waals surface area contributed by atoms with Crippen LogP contribution >= 0.6 is 0 Å². The molecule has 4 aromatic rings. The standard InChI is InChI=1S/C19H15N5/c1-2-16(13-20-9-1)15-5-3-14(4-6-15)12-23-18-8-7-17-19(24-18)22-11-10-21-17/h1-11,13H,12H2,(H,22,23,24). The van der Waals surface area contributed by atoms with Crippen LogP contribution in [0, 0.1) is 0 Å². The monoisotopic (exact) mass is 313 g/mol. The lowest BCUT2D eigenvalue weighted by atomic mass is 10.1. The maximum atomic E-state index is 4.46. The first-order chi connectivity index (χ1) is 11.9. The molecule has 0 atom stereocenters. The van der Waals surface area contributed by atoms with E-state index >= 15 is 0 Å². The predicted molar refractivity (Wildman–Crippen MR) is 94.3 cm³/mol. The highest BCUT2D eigenvalue weighted by Crippen LogP contribution is 2.19. The largest absolute Gasteiger partial charge is 0.366 e. The highest BCUT2D eigenvalue weighted by atomic mass is 15.0. The molecule has 24 heavy (non-hydrogen) atoms. The van der Waals surface area contributed by atoms with Gasteiger partial charge in [-0.1, -0.05) is 30.3 Å². The number of fused-ring (bicyclic) bond motifs is 1. The minimum absolute atomic E-state index is 0.648. The van der Waals surface area contributed by atoms with Gasteiger partial charge in [-0.25, -0.2) is 9.97 Å². The van der Waals surface area contributed by atoms with Crippen LogP contribution in [0.25, 0.3) is 22.3 Å². The Kier molecular flexibility index (Phi) is 3.81. The van der Waals surface area contributed by atoms with Crippen molar-refractivity contribution in [1.29, 1.82) is 0 Å². The lowest BCUT2D eigenvalue weighted by molar-refractivity contribution is 1.11. The van der Waals surface area contributed by atoms with E-state index in [0.717, 1.165) is 22.5 Å². The number of hydrogen-bond donors (Lipinski definition) is 1. The van der Waals surface area contributed by atoms with Crippen molar-refractivity contribution in [2.45, 2.75) is 6.54 Å². The zero-order valence-corrected chi connectivity index (χ0v) is 12.9. The van der Waals surface area contributed by atoms with Crippen molar-refractivity contribution in [2.24, 2.45) is 0 Å². The van der Waals surface area contributed by atoms with Crippen LogP contribution in [0.15, 0.2) is 73.3 Å². The van der Waals surface area contributed by atoms with Gasteiger partial charge in [0.1, 0.15) is 11.3 Å². The number of rotatable bonds is 4. The first-order valence-corrected chi connectivity index (χ1v) is 7.69. The van der Waals surface area contributed by atoms with Gasteiger partial charge in [0, 0.05) is 31.3 Å². The van der Waals surface area contributed by atoms with Crippen LogP contribution < -0.4 is 5.32 Å². The van der Waals surface area contributed by atoms with E-state index in [1.54, 1.807) is 18.6 Å². The molecule has 3 aromatic heterocycles. The van der Waals surface area contributed by atoms with E-state index in [9.17, 15) is 0 Å². The van der Waals surface area contributed by atoms with Crippen molar-refractivity contribution in [3.63, 3.8) is 0 Å². The molecule has 5 nitrogen and oxygen atoms in total. The van der Waals surface area contributed by atoms with Crippen molar-refractivity contribution < 1.29 is 0 Å². The quantitative estimate of drug-likeness (QED) is 0.622. The van der Waals surface area contributed by atoms with Crippen LogP contribution in [0.4, 0.5) is 5.82 Å². The summed E-state index contributed by atoms with van der Waals surface area (Å²) in [5, 5.41) is 3.32. The zero-order chi connectivity index (χ0) is 16.2. The third kappa shape index (κ3) is 3.05. The average molecular weight is 313 g/mol. The molecule has 0 saturated heterocycles. The Balaban J connectivity index is 1.47. The molecule has 3 heterocycles. The van der Waals surface area contributed by atoms with Crippen LogP contribution in [-0.4, -0.2) is 19.9 Å². The molecule has 1 aromatic carbocycles. The summed E-state index contributed by atoms with van der Waals surface area (Å²) >= 11 is 0. The summed E-state index contributed by atoms with van der Waals surface area (Å²) in [6.07, 6.45) is 6.97. The summed E-state index contributed by atoms with van der Waals surface area (Å²) in [6, 6.07) is 16.3. The molecule has 0 spiro atoms. The predicted octanol–water partition coefficient (Wildman–Crippen LogP) is 3.70. The van der Waals surface area contributed by atoms with E-state index < -0.39 is 0 Å². The second-order valence-electron chi connectivity index (χ2n) is 5.39. The average Bonchev–Trinajstić information content (AvgIpc) is 2.67. The Labute approximate surface area is 139 Å². The summed E-state index contributed by atoms with van der Waals surface area (Å²) in [7, 11) is 0. The van der Waals surface area contributed by atoms with Crippen LogP contribution in [0.5, 0.6) is 0 Å². The summed E-state index contributed by atoms with van der Waals surface area (Å²) in [4.78, 5) is 17.1. The lowest BCUT2D eigenvalue weighted by Gasteiger charge is -2.07. The molecule has 0 bridgehead atoms. The number of anilines is 1. The van der Waals surface area contributed by atoms with Crippen LogP contribution in [-0.2, 0) is 6.54 Å². The second kappa shape index (κ2) is 6.42. The van der Waals surface area contributed by atoms with Gasteiger partial charge in [-0.05, 0) is 34.9 Å². The molecule has 0 aliphatic heterocycles. The third-order valence-electron chi connectivity index (χ3n) is 3.75. The van der Waals surface area contributed by atoms with E-state index in [4.69, 9.17) is 0 Å². The second-order valence-corrected chi connectivity index (χ2v) is 5.39. The molecule has 5 heteroatoms. The number of nitrogens with one attached hydrogen (secondary N) is 1. The Hall–Kier alpha value is -3.34. The van der Waals surface area contributed by atoms with Gasteiger partial charge in [0.05, 0.1) is 0 Å². The maximum Gasteiger partial charge on any atom is 0.180 e. The fourth-order valence-corrected chi connectivity index (χ4v) is 2.49. The highest BCUT2D eigenvalue weighted by Gasteiger charge is 2.01. The smallest absolute Gasteiger partial charge is 0.180 e. The number of nitrogens with zero attached hydrogens (tertiary/aromatic N) is 4. The molecular weight excluding hydrogens is 298 g/mol. The Bertz CT molecular complexity index is 952. The first kappa shape index (κ1) is 14.3. The number of hydrogen-bond acceptors (Lipinski definition) is 5. The van der Waals surface area contributed by atoms with E-state index in [2.05, 4.69) is 55.6 Å². The molecule has 1 N–H and O–H groups in total. The van der Waals surface area contributed by atoms with Crippen molar-refractivity contribution in [3.05, 3.63) is 78.9 Å². The maximum absolute atomic E-state index is 4.46. The van der Waals surface area contributed by atoms with Crippen LogP contribution in [0.1, 0.15) is 5.56 Å². The SMILES string of the molecule is c1cncc(-c2ccc(CNc3ccc4nccnc4n3)cc2)c1. The van der Waals surface area contributed by atoms with Gasteiger partial charge < -0.3 is 5.32 Å².